The molecule has 0 aliphatic heterocycles. The minimum absolute atomic E-state index is 0.727. The molecule has 0 bridgehead atoms. The average molecular weight is 188 g/mol. The van der Waals surface area contributed by atoms with Crippen LogP contribution in [-0.4, -0.2) is 19.6 Å². The summed E-state index contributed by atoms with van der Waals surface area (Å²) in [7, 11) is 0. The molecule has 2 heterocycles. The quantitative estimate of drug-likeness (QED) is 0.587. The molecule has 0 unspecified atom stereocenters. The summed E-state index contributed by atoms with van der Waals surface area (Å²) in [5, 5.41) is 4.10. The molecule has 0 atom stereocenters. The monoisotopic (exact) mass is 188 g/mol. The molecular formula is C10H12N4. The molecule has 2 aromatic heterocycles. The molecule has 1 aliphatic carbocycles. The Kier molecular flexibility index (Phi) is 1.72. The molecule has 0 N–H and O–H groups in total. The summed E-state index contributed by atoms with van der Waals surface area (Å²) in [5.74, 6) is 0.727. The molecule has 0 fully saturated rings. The van der Waals surface area contributed by atoms with Gasteiger partial charge in [0.15, 0.2) is 0 Å². The third-order valence-electron chi connectivity index (χ3n) is 2.80. The molecule has 0 amide bonds. The van der Waals surface area contributed by atoms with E-state index in [9.17, 15) is 0 Å². The van der Waals surface area contributed by atoms with Crippen LogP contribution in [0.1, 0.15) is 30.5 Å². The van der Waals surface area contributed by atoms with Gasteiger partial charge < -0.3 is 0 Å². The summed E-state index contributed by atoms with van der Waals surface area (Å²) in [5.41, 5.74) is 2.57. The summed E-state index contributed by atoms with van der Waals surface area (Å²) < 4.78 is 1.77. The summed E-state index contributed by atoms with van der Waals surface area (Å²) >= 11 is 0. The van der Waals surface area contributed by atoms with Crippen LogP contribution in [-0.2, 0) is 12.8 Å². The molecule has 1 aliphatic rings. The third-order valence-corrected chi connectivity index (χ3v) is 2.80. The van der Waals surface area contributed by atoms with Gasteiger partial charge in [0.2, 0.25) is 0 Å². The van der Waals surface area contributed by atoms with E-state index in [4.69, 9.17) is 0 Å². The van der Waals surface area contributed by atoms with Crippen molar-refractivity contribution in [1.82, 2.24) is 19.6 Å². The highest BCUT2D eigenvalue weighted by molar-refractivity contribution is 5.31. The molecule has 2 aromatic rings. The van der Waals surface area contributed by atoms with Gasteiger partial charge in [0.1, 0.15) is 6.33 Å². The minimum Gasteiger partial charge on any atom is -0.216 e. The lowest BCUT2D eigenvalue weighted by Gasteiger charge is -2.03. The highest BCUT2D eigenvalue weighted by Gasteiger charge is 2.11. The van der Waals surface area contributed by atoms with Crippen LogP contribution >= 0.6 is 0 Å². The van der Waals surface area contributed by atoms with Gasteiger partial charge in [-0.25, -0.2) is 9.50 Å². The Balaban J connectivity index is 2.19. The van der Waals surface area contributed by atoms with Crippen molar-refractivity contribution < 1.29 is 0 Å². The molecule has 14 heavy (non-hydrogen) atoms. The number of hydrogen-bond donors (Lipinski definition) is 0. The number of nitrogens with zero attached hydrogens (tertiary/aromatic N) is 4. The molecular weight excluding hydrogens is 176 g/mol. The highest BCUT2D eigenvalue weighted by atomic mass is 15.3. The van der Waals surface area contributed by atoms with Crippen molar-refractivity contribution in [3.05, 3.63) is 23.8 Å². The van der Waals surface area contributed by atoms with E-state index < -0.39 is 0 Å². The number of aryl methyl sites for hydroxylation is 2. The molecule has 0 saturated carbocycles. The first-order valence-electron chi connectivity index (χ1n) is 5.11. The summed E-state index contributed by atoms with van der Waals surface area (Å²) in [6.45, 7) is 0. The molecule has 0 aromatic carbocycles. The van der Waals surface area contributed by atoms with Gasteiger partial charge >= 0.3 is 0 Å². The molecule has 0 radical (unpaired) electrons. The van der Waals surface area contributed by atoms with Gasteiger partial charge in [-0.1, -0.05) is 6.42 Å². The van der Waals surface area contributed by atoms with E-state index in [0.29, 0.717) is 0 Å². The zero-order valence-corrected chi connectivity index (χ0v) is 7.98. The first-order valence-corrected chi connectivity index (χ1v) is 5.11. The van der Waals surface area contributed by atoms with E-state index in [1.165, 1.54) is 30.5 Å². The van der Waals surface area contributed by atoms with Crippen LogP contribution in [0, 0.1) is 0 Å². The maximum Gasteiger partial charge on any atom is 0.252 e. The second-order valence-electron chi connectivity index (χ2n) is 3.78. The standard InChI is InChI=1S/C10H12N4/c1-2-4-8-6-14-10(11-7-12-14)13-9(8)5-3-1/h6-7H,1-5H2. The van der Waals surface area contributed by atoms with Crippen LogP contribution in [0.5, 0.6) is 0 Å². The topological polar surface area (TPSA) is 43.1 Å². The average Bonchev–Trinajstić information content (AvgIpc) is 2.51. The van der Waals surface area contributed by atoms with Crippen molar-refractivity contribution in [1.29, 1.82) is 0 Å². The van der Waals surface area contributed by atoms with Crippen molar-refractivity contribution in [3.8, 4) is 0 Å². The molecule has 72 valence electrons. The van der Waals surface area contributed by atoms with E-state index in [-0.39, 0.29) is 0 Å². The summed E-state index contributed by atoms with van der Waals surface area (Å²) in [4.78, 5) is 8.62. The van der Waals surface area contributed by atoms with Gasteiger partial charge in [-0.3, -0.25) is 0 Å². The molecule has 4 nitrogen and oxygen atoms in total. The first-order chi connectivity index (χ1) is 6.93. The van der Waals surface area contributed by atoms with Crippen LogP contribution in [0.15, 0.2) is 12.5 Å². The number of hydrogen-bond acceptors (Lipinski definition) is 3. The van der Waals surface area contributed by atoms with Crippen LogP contribution < -0.4 is 0 Å². The van der Waals surface area contributed by atoms with E-state index in [1.54, 1.807) is 10.8 Å². The third kappa shape index (κ3) is 1.18. The van der Waals surface area contributed by atoms with E-state index in [0.717, 1.165) is 18.6 Å². The summed E-state index contributed by atoms with van der Waals surface area (Å²) in [6, 6.07) is 0. The van der Waals surface area contributed by atoms with E-state index in [1.807, 2.05) is 0 Å². The predicted molar refractivity (Wildman–Crippen MR) is 52.0 cm³/mol. The fraction of sp³-hybridized carbons (Fsp3) is 0.500. The van der Waals surface area contributed by atoms with Gasteiger partial charge in [0.25, 0.3) is 5.78 Å². The maximum absolute atomic E-state index is 4.53. The Morgan fingerprint density at radius 2 is 2.07 bits per heavy atom. The van der Waals surface area contributed by atoms with Crippen molar-refractivity contribution >= 4 is 5.78 Å². The Labute approximate surface area is 82.0 Å². The maximum atomic E-state index is 4.53. The molecule has 0 saturated heterocycles. The highest BCUT2D eigenvalue weighted by Crippen LogP contribution is 2.18. The number of rotatable bonds is 0. The SMILES string of the molecule is c1nc2nc3c(cn2n1)CCCCC3. The van der Waals surface area contributed by atoms with Gasteiger partial charge in [0, 0.05) is 11.9 Å². The van der Waals surface area contributed by atoms with Crippen LogP contribution in [0.25, 0.3) is 5.78 Å². The Morgan fingerprint density at radius 3 is 3.07 bits per heavy atom. The zero-order valence-electron chi connectivity index (χ0n) is 7.98. The van der Waals surface area contributed by atoms with E-state index >= 15 is 0 Å². The lowest BCUT2D eigenvalue weighted by atomic mass is 10.1. The summed E-state index contributed by atoms with van der Waals surface area (Å²) in [6.07, 6.45) is 9.71. The first kappa shape index (κ1) is 7.91. The smallest absolute Gasteiger partial charge is 0.216 e. The van der Waals surface area contributed by atoms with Crippen LogP contribution in [0.2, 0.25) is 0 Å². The van der Waals surface area contributed by atoms with E-state index in [2.05, 4.69) is 21.3 Å². The lowest BCUT2D eigenvalue weighted by molar-refractivity contribution is 0.709. The van der Waals surface area contributed by atoms with Crippen molar-refractivity contribution in [3.63, 3.8) is 0 Å². The Bertz CT molecular complexity index is 420. The number of aromatic nitrogens is 4. The normalized spacial score (nSPS) is 16.6. The van der Waals surface area contributed by atoms with Crippen LogP contribution in [0.3, 0.4) is 0 Å². The Hall–Kier alpha value is -1.45. The second kappa shape index (κ2) is 3.04. The Morgan fingerprint density at radius 1 is 1.14 bits per heavy atom. The van der Waals surface area contributed by atoms with Gasteiger partial charge in [-0.05, 0) is 31.2 Å². The van der Waals surface area contributed by atoms with Gasteiger partial charge in [0.05, 0.1) is 0 Å². The molecule has 4 heteroatoms. The van der Waals surface area contributed by atoms with Crippen LogP contribution in [0.4, 0.5) is 0 Å². The largest absolute Gasteiger partial charge is 0.252 e. The van der Waals surface area contributed by atoms with Crippen molar-refractivity contribution in [2.45, 2.75) is 32.1 Å². The second-order valence-corrected chi connectivity index (χ2v) is 3.78. The zero-order chi connectivity index (χ0) is 9.38. The molecule has 0 spiro atoms. The van der Waals surface area contributed by atoms with Crippen molar-refractivity contribution in [2.24, 2.45) is 0 Å². The van der Waals surface area contributed by atoms with Crippen molar-refractivity contribution in [2.75, 3.05) is 0 Å². The number of fused-ring (bicyclic) bond motifs is 2. The lowest BCUT2D eigenvalue weighted by Crippen LogP contribution is -2.01. The minimum atomic E-state index is 0.727. The predicted octanol–water partition coefficient (Wildman–Crippen LogP) is 1.39. The van der Waals surface area contributed by atoms with Gasteiger partial charge in [-0.15, -0.1) is 0 Å². The fourth-order valence-electron chi connectivity index (χ4n) is 2.04. The van der Waals surface area contributed by atoms with Gasteiger partial charge in [-0.2, -0.15) is 10.1 Å². The fourth-order valence-corrected chi connectivity index (χ4v) is 2.04. The molecule has 3 rings (SSSR count).